The van der Waals surface area contributed by atoms with Crippen molar-refractivity contribution in [2.75, 3.05) is 19.5 Å². The van der Waals surface area contributed by atoms with E-state index in [4.69, 9.17) is 16.3 Å². The molecule has 0 bridgehead atoms. The lowest BCUT2D eigenvalue weighted by atomic mass is 10.0. The summed E-state index contributed by atoms with van der Waals surface area (Å²) in [5.41, 5.74) is 1.76. The van der Waals surface area contributed by atoms with Gasteiger partial charge in [0.05, 0.1) is 12.1 Å². The van der Waals surface area contributed by atoms with Crippen LogP contribution in [0.5, 0.6) is 5.75 Å². The number of carbonyl (C=O) groups excluding carboxylic acids is 1. The van der Waals surface area contributed by atoms with Gasteiger partial charge in [-0.05, 0) is 30.3 Å². The molecule has 0 saturated carbocycles. The summed E-state index contributed by atoms with van der Waals surface area (Å²) in [5.74, 6) is 0.503. The molecule has 4 heteroatoms. The van der Waals surface area contributed by atoms with Crippen molar-refractivity contribution >= 4 is 23.1 Å². The number of halogens is 1. The van der Waals surface area contributed by atoms with Crippen LogP contribution in [0, 0.1) is 0 Å². The van der Waals surface area contributed by atoms with Crippen molar-refractivity contribution in [3.05, 3.63) is 58.6 Å². The van der Waals surface area contributed by atoms with Crippen LogP contribution in [0.1, 0.15) is 15.9 Å². The smallest absolute Gasteiger partial charge is 0.196 e. The van der Waals surface area contributed by atoms with Crippen LogP contribution in [0.3, 0.4) is 0 Å². The minimum atomic E-state index is -0.131. The normalized spacial score (nSPS) is 10.1. The molecule has 2 aromatic carbocycles. The molecule has 0 aromatic heterocycles. The van der Waals surface area contributed by atoms with E-state index < -0.39 is 0 Å². The van der Waals surface area contributed by atoms with Gasteiger partial charge in [0.2, 0.25) is 0 Å². The average molecular weight is 276 g/mol. The van der Waals surface area contributed by atoms with Gasteiger partial charge < -0.3 is 10.1 Å². The fourth-order valence-corrected chi connectivity index (χ4v) is 2.07. The highest BCUT2D eigenvalue weighted by molar-refractivity contribution is 6.35. The summed E-state index contributed by atoms with van der Waals surface area (Å²) >= 11 is 6.07. The third-order valence-electron chi connectivity index (χ3n) is 2.86. The summed E-state index contributed by atoms with van der Waals surface area (Å²) in [6.07, 6.45) is 0. The molecule has 0 radical (unpaired) electrons. The SMILES string of the molecule is CNc1ccc(OC)cc1C(=O)c1ccccc1Cl. The second kappa shape index (κ2) is 5.76. The molecule has 3 nitrogen and oxygen atoms in total. The third-order valence-corrected chi connectivity index (χ3v) is 3.19. The van der Waals surface area contributed by atoms with E-state index in [9.17, 15) is 4.79 Å². The first-order valence-corrected chi connectivity index (χ1v) is 6.20. The number of anilines is 1. The topological polar surface area (TPSA) is 38.3 Å². The summed E-state index contributed by atoms with van der Waals surface area (Å²) in [4.78, 5) is 12.5. The highest BCUT2D eigenvalue weighted by Crippen LogP contribution is 2.26. The Balaban J connectivity index is 2.51. The lowest BCUT2D eigenvalue weighted by Gasteiger charge is -2.11. The van der Waals surface area contributed by atoms with E-state index in [1.54, 1.807) is 50.6 Å². The number of nitrogens with one attached hydrogen (secondary N) is 1. The Morgan fingerprint density at radius 3 is 2.53 bits per heavy atom. The highest BCUT2D eigenvalue weighted by atomic mass is 35.5. The monoisotopic (exact) mass is 275 g/mol. The van der Waals surface area contributed by atoms with E-state index >= 15 is 0 Å². The Labute approximate surface area is 117 Å². The summed E-state index contributed by atoms with van der Waals surface area (Å²) < 4.78 is 5.16. The second-order valence-corrected chi connectivity index (χ2v) is 4.38. The fraction of sp³-hybridized carbons (Fsp3) is 0.133. The van der Waals surface area contributed by atoms with Crippen LogP contribution in [-0.2, 0) is 0 Å². The van der Waals surface area contributed by atoms with Gasteiger partial charge in [0.1, 0.15) is 5.75 Å². The Morgan fingerprint density at radius 2 is 1.89 bits per heavy atom. The largest absolute Gasteiger partial charge is 0.497 e. The van der Waals surface area contributed by atoms with Crippen molar-refractivity contribution in [2.45, 2.75) is 0 Å². The molecule has 0 heterocycles. The van der Waals surface area contributed by atoms with Crippen molar-refractivity contribution in [3.8, 4) is 5.75 Å². The number of ether oxygens (including phenoxy) is 1. The Hall–Kier alpha value is -2.00. The summed E-state index contributed by atoms with van der Waals surface area (Å²) in [7, 11) is 3.34. The predicted molar refractivity (Wildman–Crippen MR) is 77.4 cm³/mol. The first kappa shape index (κ1) is 13.4. The van der Waals surface area contributed by atoms with Crippen LogP contribution in [0.25, 0.3) is 0 Å². The number of hydrogen-bond donors (Lipinski definition) is 1. The van der Waals surface area contributed by atoms with Crippen LogP contribution in [0.4, 0.5) is 5.69 Å². The summed E-state index contributed by atoms with van der Waals surface area (Å²) in [6, 6.07) is 12.3. The average Bonchev–Trinajstić information content (AvgIpc) is 2.46. The Morgan fingerprint density at radius 1 is 1.16 bits per heavy atom. The molecule has 0 atom stereocenters. The maximum atomic E-state index is 12.5. The minimum Gasteiger partial charge on any atom is -0.497 e. The molecule has 2 rings (SSSR count). The van der Waals surface area contributed by atoms with Crippen LogP contribution < -0.4 is 10.1 Å². The molecule has 0 amide bonds. The van der Waals surface area contributed by atoms with Crippen molar-refractivity contribution in [2.24, 2.45) is 0 Å². The molecule has 0 aliphatic heterocycles. The van der Waals surface area contributed by atoms with Gasteiger partial charge in [0.15, 0.2) is 5.78 Å². The number of hydrogen-bond acceptors (Lipinski definition) is 3. The number of rotatable bonds is 4. The van der Waals surface area contributed by atoms with Gasteiger partial charge in [-0.15, -0.1) is 0 Å². The third kappa shape index (κ3) is 2.71. The standard InChI is InChI=1S/C15H14ClNO2/c1-17-14-8-7-10(19-2)9-12(14)15(18)11-5-3-4-6-13(11)16/h3-9,17H,1-2H3. The van der Waals surface area contributed by atoms with Gasteiger partial charge in [0.25, 0.3) is 0 Å². The second-order valence-electron chi connectivity index (χ2n) is 3.97. The molecule has 0 spiro atoms. The van der Waals surface area contributed by atoms with Crippen LogP contribution in [-0.4, -0.2) is 19.9 Å². The van der Waals surface area contributed by atoms with E-state index in [0.29, 0.717) is 21.9 Å². The number of ketones is 1. The van der Waals surface area contributed by atoms with E-state index in [1.165, 1.54) is 0 Å². The molecule has 19 heavy (non-hydrogen) atoms. The van der Waals surface area contributed by atoms with Gasteiger partial charge in [-0.3, -0.25) is 4.79 Å². The molecule has 0 aliphatic carbocycles. The molecular formula is C15H14ClNO2. The van der Waals surface area contributed by atoms with E-state index in [1.807, 2.05) is 6.07 Å². The van der Waals surface area contributed by atoms with E-state index in [-0.39, 0.29) is 5.78 Å². The molecule has 0 fully saturated rings. The highest BCUT2D eigenvalue weighted by Gasteiger charge is 2.16. The predicted octanol–water partition coefficient (Wildman–Crippen LogP) is 3.62. The Bertz CT molecular complexity index is 611. The van der Waals surface area contributed by atoms with E-state index in [0.717, 1.165) is 5.69 Å². The van der Waals surface area contributed by atoms with Gasteiger partial charge in [0, 0.05) is 23.9 Å². The first-order valence-electron chi connectivity index (χ1n) is 5.82. The molecular weight excluding hydrogens is 262 g/mol. The van der Waals surface area contributed by atoms with Gasteiger partial charge in [-0.25, -0.2) is 0 Å². The van der Waals surface area contributed by atoms with Crippen molar-refractivity contribution in [3.63, 3.8) is 0 Å². The number of carbonyl (C=O) groups is 1. The first-order chi connectivity index (χ1) is 9.17. The fourth-order valence-electron chi connectivity index (χ4n) is 1.85. The van der Waals surface area contributed by atoms with Crippen LogP contribution in [0.2, 0.25) is 5.02 Å². The maximum absolute atomic E-state index is 12.5. The molecule has 98 valence electrons. The van der Waals surface area contributed by atoms with Gasteiger partial charge in [-0.1, -0.05) is 23.7 Å². The zero-order valence-corrected chi connectivity index (χ0v) is 11.5. The zero-order valence-electron chi connectivity index (χ0n) is 10.7. The lowest BCUT2D eigenvalue weighted by molar-refractivity contribution is 0.103. The molecule has 0 unspecified atom stereocenters. The Kier molecular flexibility index (Phi) is 4.07. The maximum Gasteiger partial charge on any atom is 0.196 e. The molecule has 0 aliphatic rings. The molecule has 1 N–H and O–H groups in total. The summed E-state index contributed by atoms with van der Waals surface area (Å²) in [5, 5.41) is 3.44. The van der Waals surface area contributed by atoms with Gasteiger partial charge in [-0.2, -0.15) is 0 Å². The summed E-state index contributed by atoms with van der Waals surface area (Å²) in [6.45, 7) is 0. The minimum absolute atomic E-state index is 0.131. The lowest BCUT2D eigenvalue weighted by Crippen LogP contribution is -2.06. The van der Waals surface area contributed by atoms with Crippen LogP contribution >= 0.6 is 11.6 Å². The van der Waals surface area contributed by atoms with Crippen molar-refractivity contribution in [1.82, 2.24) is 0 Å². The molecule has 0 saturated heterocycles. The van der Waals surface area contributed by atoms with E-state index in [2.05, 4.69) is 5.32 Å². The van der Waals surface area contributed by atoms with Crippen molar-refractivity contribution in [1.29, 1.82) is 0 Å². The number of benzene rings is 2. The quantitative estimate of drug-likeness (QED) is 0.866. The molecule has 2 aromatic rings. The zero-order chi connectivity index (χ0) is 13.8. The number of methoxy groups -OCH3 is 1. The van der Waals surface area contributed by atoms with Gasteiger partial charge >= 0.3 is 0 Å². The van der Waals surface area contributed by atoms with Crippen LogP contribution in [0.15, 0.2) is 42.5 Å². The van der Waals surface area contributed by atoms with Crippen molar-refractivity contribution < 1.29 is 9.53 Å².